The monoisotopic (exact) mass is 293 g/mol. The molecule has 3 amide bonds. The predicted octanol–water partition coefficient (Wildman–Crippen LogP) is 0.0886. The van der Waals surface area contributed by atoms with E-state index in [2.05, 4.69) is 5.32 Å². The molecular formula is C14H19N3O4. The number of amides is 3. The third kappa shape index (κ3) is 3.62. The molecule has 1 fully saturated rings. The number of nitrogens with zero attached hydrogens (tertiary/aromatic N) is 2. The summed E-state index contributed by atoms with van der Waals surface area (Å²) < 4.78 is 4.98. The molecule has 2 heterocycles. The van der Waals surface area contributed by atoms with Crippen molar-refractivity contribution in [2.45, 2.75) is 19.9 Å². The minimum Gasteiger partial charge on any atom is -0.459 e. The molecule has 114 valence electrons. The van der Waals surface area contributed by atoms with Crippen LogP contribution in [-0.2, 0) is 9.59 Å². The van der Waals surface area contributed by atoms with Crippen LogP contribution in [0, 0.1) is 0 Å². The second kappa shape index (κ2) is 6.43. The van der Waals surface area contributed by atoms with E-state index in [-0.39, 0.29) is 17.6 Å². The Morgan fingerprint density at radius 2 is 1.81 bits per heavy atom. The molecule has 7 heteroatoms. The Balaban J connectivity index is 1.86. The van der Waals surface area contributed by atoms with Gasteiger partial charge in [-0.3, -0.25) is 14.4 Å². The van der Waals surface area contributed by atoms with Crippen LogP contribution in [0.2, 0.25) is 0 Å². The summed E-state index contributed by atoms with van der Waals surface area (Å²) in [4.78, 5) is 38.7. The lowest BCUT2D eigenvalue weighted by molar-refractivity contribution is -0.139. The normalized spacial score (nSPS) is 16.5. The molecule has 1 aliphatic heterocycles. The second-order valence-corrected chi connectivity index (χ2v) is 5.00. The van der Waals surface area contributed by atoms with Crippen molar-refractivity contribution in [3.05, 3.63) is 24.2 Å². The van der Waals surface area contributed by atoms with E-state index < -0.39 is 11.9 Å². The number of rotatable bonds is 3. The summed E-state index contributed by atoms with van der Waals surface area (Å²) in [6.45, 7) is 5.18. The van der Waals surface area contributed by atoms with Crippen LogP contribution in [0.15, 0.2) is 22.8 Å². The van der Waals surface area contributed by atoms with Crippen LogP contribution in [0.3, 0.4) is 0 Å². The Labute approximate surface area is 122 Å². The van der Waals surface area contributed by atoms with Gasteiger partial charge in [0, 0.05) is 33.1 Å². The molecule has 0 saturated carbocycles. The first-order valence-electron chi connectivity index (χ1n) is 6.87. The van der Waals surface area contributed by atoms with Gasteiger partial charge >= 0.3 is 0 Å². The molecule has 1 aromatic heterocycles. The highest BCUT2D eigenvalue weighted by Crippen LogP contribution is 2.06. The first-order valence-corrected chi connectivity index (χ1v) is 6.87. The van der Waals surface area contributed by atoms with Crippen LogP contribution in [0.25, 0.3) is 0 Å². The van der Waals surface area contributed by atoms with Crippen LogP contribution in [-0.4, -0.2) is 59.7 Å². The van der Waals surface area contributed by atoms with E-state index in [4.69, 9.17) is 4.42 Å². The molecule has 1 saturated heterocycles. The van der Waals surface area contributed by atoms with E-state index >= 15 is 0 Å². The fourth-order valence-electron chi connectivity index (χ4n) is 2.25. The summed E-state index contributed by atoms with van der Waals surface area (Å²) >= 11 is 0. The fraction of sp³-hybridized carbons (Fsp3) is 0.500. The Morgan fingerprint density at radius 1 is 1.19 bits per heavy atom. The topological polar surface area (TPSA) is 82.9 Å². The van der Waals surface area contributed by atoms with Gasteiger partial charge in [-0.05, 0) is 19.1 Å². The Morgan fingerprint density at radius 3 is 2.33 bits per heavy atom. The van der Waals surface area contributed by atoms with Crippen molar-refractivity contribution < 1.29 is 18.8 Å². The lowest BCUT2D eigenvalue weighted by atomic mass is 10.2. The molecule has 1 unspecified atom stereocenters. The number of hydrogen-bond donors (Lipinski definition) is 1. The molecule has 1 atom stereocenters. The smallest absolute Gasteiger partial charge is 0.287 e. The zero-order valence-electron chi connectivity index (χ0n) is 12.2. The van der Waals surface area contributed by atoms with E-state index in [0.717, 1.165) is 0 Å². The van der Waals surface area contributed by atoms with Crippen LogP contribution < -0.4 is 5.32 Å². The number of furan rings is 1. The molecule has 1 aromatic rings. The van der Waals surface area contributed by atoms with Crippen molar-refractivity contribution in [2.24, 2.45) is 0 Å². The molecular weight excluding hydrogens is 274 g/mol. The fourth-order valence-corrected chi connectivity index (χ4v) is 2.25. The van der Waals surface area contributed by atoms with Crippen molar-refractivity contribution in [3.63, 3.8) is 0 Å². The van der Waals surface area contributed by atoms with E-state index in [1.165, 1.54) is 19.3 Å². The van der Waals surface area contributed by atoms with Gasteiger partial charge < -0.3 is 19.5 Å². The molecule has 0 radical (unpaired) electrons. The molecule has 1 aliphatic rings. The summed E-state index contributed by atoms with van der Waals surface area (Å²) in [7, 11) is 0. The zero-order valence-corrected chi connectivity index (χ0v) is 12.2. The number of piperazine rings is 1. The molecule has 0 bridgehead atoms. The van der Waals surface area contributed by atoms with Crippen molar-refractivity contribution >= 4 is 17.7 Å². The molecule has 0 aliphatic carbocycles. The van der Waals surface area contributed by atoms with Gasteiger partial charge in [0.2, 0.25) is 11.8 Å². The quantitative estimate of drug-likeness (QED) is 0.856. The van der Waals surface area contributed by atoms with Crippen LogP contribution in [0.1, 0.15) is 24.4 Å². The standard InChI is InChI=1S/C14H19N3O4/c1-10(15-13(19)12-4-3-9-21-12)14(20)17-7-5-16(6-8-17)11(2)18/h3-4,9-10H,5-8H2,1-2H3,(H,15,19). The van der Waals surface area contributed by atoms with E-state index in [1.807, 2.05) is 0 Å². The first kappa shape index (κ1) is 15.1. The van der Waals surface area contributed by atoms with Crippen LogP contribution in [0.5, 0.6) is 0 Å². The largest absolute Gasteiger partial charge is 0.459 e. The van der Waals surface area contributed by atoms with E-state index in [1.54, 1.807) is 22.8 Å². The number of nitrogens with one attached hydrogen (secondary N) is 1. The average Bonchev–Trinajstić information content (AvgIpc) is 3.00. The highest BCUT2D eigenvalue weighted by atomic mass is 16.3. The van der Waals surface area contributed by atoms with Crippen LogP contribution in [0.4, 0.5) is 0 Å². The van der Waals surface area contributed by atoms with Crippen molar-refractivity contribution in [3.8, 4) is 0 Å². The van der Waals surface area contributed by atoms with Gasteiger partial charge in [0.05, 0.1) is 6.26 Å². The summed E-state index contributed by atoms with van der Waals surface area (Å²) in [5.41, 5.74) is 0. The molecule has 7 nitrogen and oxygen atoms in total. The Hall–Kier alpha value is -2.31. The number of hydrogen-bond acceptors (Lipinski definition) is 4. The third-order valence-corrected chi connectivity index (χ3v) is 3.50. The summed E-state index contributed by atoms with van der Waals surface area (Å²) in [5, 5.41) is 2.61. The predicted molar refractivity (Wildman–Crippen MR) is 74.5 cm³/mol. The molecule has 21 heavy (non-hydrogen) atoms. The molecule has 1 N–H and O–H groups in total. The van der Waals surface area contributed by atoms with Crippen molar-refractivity contribution in [1.29, 1.82) is 0 Å². The molecule has 0 spiro atoms. The van der Waals surface area contributed by atoms with Crippen molar-refractivity contribution in [2.75, 3.05) is 26.2 Å². The number of carbonyl (C=O) groups is 3. The van der Waals surface area contributed by atoms with E-state index in [9.17, 15) is 14.4 Å². The minimum absolute atomic E-state index is 0.0151. The minimum atomic E-state index is -0.633. The third-order valence-electron chi connectivity index (χ3n) is 3.50. The summed E-state index contributed by atoms with van der Waals surface area (Å²) in [6.07, 6.45) is 1.41. The van der Waals surface area contributed by atoms with Gasteiger partial charge in [-0.25, -0.2) is 0 Å². The number of carbonyl (C=O) groups excluding carboxylic acids is 3. The van der Waals surface area contributed by atoms with Gasteiger partial charge in [0.15, 0.2) is 5.76 Å². The van der Waals surface area contributed by atoms with Gasteiger partial charge in [-0.2, -0.15) is 0 Å². The molecule has 0 aromatic carbocycles. The highest BCUT2D eigenvalue weighted by Gasteiger charge is 2.27. The lowest BCUT2D eigenvalue weighted by Gasteiger charge is -2.35. The SMILES string of the molecule is CC(=O)N1CCN(C(=O)C(C)NC(=O)c2ccco2)CC1. The Bertz CT molecular complexity index is 518. The molecule has 2 rings (SSSR count). The van der Waals surface area contributed by atoms with Crippen LogP contribution >= 0.6 is 0 Å². The lowest BCUT2D eigenvalue weighted by Crippen LogP contribution is -2.54. The Kier molecular flexibility index (Phi) is 4.62. The van der Waals surface area contributed by atoms with E-state index in [0.29, 0.717) is 26.2 Å². The summed E-state index contributed by atoms with van der Waals surface area (Å²) in [6, 6.07) is 2.52. The zero-order chi connectivity index (χ0) is 15.4. The van der Waals surface area contributed by atoms with Gasteiger partial charge in [-0.15, -0.1) is 0 Å². The average molecular weight is 293 g/mol. The van der Waals surface area contributed by atoms with Gasteiger partial charge in [-0.1, -0.05) is 0 Å². The maximum atomic E-state index is 12.3. The highest BCUT2D eigenvalue weighted by molar-refractivity contribution is 5.95. The van der Waals surface area contributed by atoms with Gasteiger partial charge in [0.25, 0.3) is 5.91 Å². The summed E-state index contributed by atoms with van der Waals surface area (Å²) in [5.74, 6) is -0.376. The maximum absolute atomic E-state index is 12.3. The van der Waals surface area contributed by atoms with Crippen molar-refractivity contribution in [1.82, 2.24) is 15.1 Å². The second-order valence-electron chi connectivity index (χ2n) is 5.00. The first-order chi connectivity index (χ1) is 9.99. The maximum Gasteiger partial charge on any atom is 0.287 e. The van der Waals surface area contributed by atoms with Gasteiger partial charge in [0.1, 0.15) is 6.04 Å².